The number of allylic oxidation sites excluding steroid dienone is 2. The van der Waals surface area contributed by atoms with Gasteiger partial charge in [0.2, 0.25) is 0 Å². The molecule has 2 aliphatic heterocycles. The highest BCUT2D eigenvalue weighted by Gasteiger charge is 2.21. The number of nitrogen functional groups attached to an aromatic ring is 1. The molecule has 0 bridgehead atoms. The second-order valence-electron chi connectivity index (χ2n) is 18.2. The molecule has 2 aromatic heterocycles. The van der Waals surface area contributed by atoms with Crippen molar-refractivity contribution in [2.24, 2.45) is 0 Å². The third-order valence-corrected chi connectivity index (χ3v) is 13.3. The van der Waals surface area contributed by atoms with E-state index in [-0.39, 0.29) is 6.03 Å². The van der Waals surface area contributed by atoms with Crippen LogP contribution in [-0.4, -0.2) is 122 Å². The van der Waals surface area contributed by atoms with E-state index in [4.69, 9.17) is 20.4 Å². The van der Waals surface area contributed by atoms with Crippen LogP contribution in [0.1, 0.15) is 44.8 Å². The molecule has 0 spiro atoms. The fraction of sp³-hybridized carbons (Fsp3) is 0.304. The van der Waals surface area contributed by atoms with E-state index in [2.05, 4.69) is 129 Å². The molecule has 0 unspecified atom stereocenters. The fourth-order valence-electron chi connectivity index (χ4n) is 9.30. The molecular weight excluding hydrogens is 831 g/mol. The Morgan fingerprint density at radius 1 is 0.597 bits per heavy atom. The third kappa shape index (κ3) is 11.6. The zero-order valence-corrected chi connectivity index (χ0v) is 39.2. The summed E-state index contributed by atoms with van der Waals surface area (Å²) < 4.78 is 4.98. The number of amides is 2. The van der Waals surface area contributed by atoms with Gasteiger partial charge in [-0.2, -0.15) is 0 Å². The Bertz CT molecular complexity index is 2720. The van der Waals surface area contributed by atoms with Crippen molar-refractivity contribution in [1.29, 1.82) is 0 Å². The number of aromatic nitrogens is 2. The van der Waals surface area contributed by atoms with Crippen LogP contribution in [-0.2, 0) is 30.7 Å². The second kappa shape index (κ2) is 21.4. The normalized spacial score (nSPS) is 16.3. The maximum absolute atomic E-state index is 12.2. The van der Waals surface area contributed by atoms with Gasteiger partial charge < -0.3 is 30.9 Å². The van der Waals surface area contributed by atoms with Crippen molar-refractivity contribution in [3.8, 4) is 22.3 Å². The topological polar surface area (TPSA) is 115 Å². The number of pyridine rings is 2. The smallest absolute Gasteiger partial charge is 0.319 e. The number of carbonyl (C=O) groups excluding carboxylic acids is 1. The quantitative estimate of drug-likeness (QED) is 0.0825. The molecule has 4 aliphatic rings. The van der Waals surface area contributed by atoms with E-state index in [1.165, 1.54) is 33.4 Å². The minimum Gasteiger partial charge on any atom is -0.399 e. The molecular formula is C56H63N9O2. The number of methoxy groups -OCH3 is 1. The third-order valence-electron chi connectivity index (χ3n) is 13.3. The number of piperazine rings is 2. The number of hydrogen-bond acceptors (Lipinski definition) is 9. The fourth-order valence-corrected chi connectivity index (χ4v) is 9.30. The van der Waals surface area contributed by atoms with E-state index in [1.807, 2.05) is 48.8 Å². The lowest BCUT2D eigenvalue weighted by Gasteiger charge is -2.32. The molecule has 2 amide bonds. The van der Waals surface area contributed by atoms with E-state index in [1.54, 1.807) is 7.11 Å². The van der Waals surface area contributed by atoms with E-state index in [0.29, 0.717) is 13.2 Å². The van der Waals surface area contributed by atoms with Gasteiger partial charge in [-0.05, 0) is 95.0 Å². The lowest BCUT2D eigenvalue weighted by Crippen LogP contribution is -2.43. The lowest BCUT2D eigenvalue weighted by atomic mass is 9.97. The molecule has 2 fully saturated rings. The Hall–Kier alpha value is -6.47. The number of nitrogens with one attached hydrogen (secondary N) is 2. The Morgan fingerprint density at radius 3 is 1.58 bits per heavy atom. The van der Waals surface area contributed by atoms with Gasteiger partial charge in [0.05, 0.1) is 18.0 Å². The van der Waals surface area contributed by atoms with Gasteiger partial charge in [-0.15, -0.1) is 0 Å². The van der Waals surface area contributed by atoms with Gasteiger partial charge in [0.15, 0.2) is 0 Å². The Labute approximate surface area is 396 Å². The summed E-state index contributed by atoms with van der Waals surface area (Å²) in [7, 11) is 6.00. The number of nitrogens with zero attached hydrogens (tertiary/aromatic N) is 6. The van der Waals surface area contributed by atoms with Gasteiger partial charge >= 0.3 is 6.03 Å². The van der Waals surface area contributed by atoms with Crippen LogP contribution < -0.4 is 16.4 Å². The van der Waals surface area contributed by atoms with Crippen molar-refractivity contribution in [3.05, 3.63) is 179 Å². The van der Waals surface area contributed by atoms with E-state index in [9.17, 15) is 4.79 Å². The van der Waals surface area contributed by atoms with Crippen LogP contribution >= 0.6 is 0 Å². The molecule has 2 aliphatic carbocycles. The van der Waals surface area contributed by atoms with Gasteiger partial charge in [-0.1, -0.05) is 84.9 Å². The zero-order valence-electron chi connectivity index (χ0n) is 39.2. The first kappa shape index (κ1) is 45.7. The van der Waals surface area contributed by atoms with Gasteiger partial charge in [-0.3, -0.25) is 19.8 Å². The summed E-state index contributed by atoms with van der Waals surface area (Å²) in [5.41, 5.74) is 24.2. The molecule has 67 heavy (non-hydrogen) atoms. The first-order valence-electron chi connectivity index (χ1n) is 23.6. The van der Waals surface area contributed by atoms with Crippen LogP contribution in [0.5, 0.6) is 0 Å². The molecule has 2 saturated heterocycles. The molecule has 0 atom stereocenters. The van der Waals surface area contributed by atoms with Crippen molar-refractivity contribution < 1.29 is 9.53 Å². The number of benzene rings is 4. The van der Waals surface area contributed by atoms with Crippen molar-refractivity contribution in [2.75, 3.05) is 97.8 Å². The van der Waals surface area contributed by atoms with Crippen LogP contribution in [0.15, 0.2) is 134 Å². The highest BCUT2D eigenvalue weighted by molar-refractivity contribution is 5.92. The summed E-state index contributed by atoms with van der Waals surface area (Å²) in [6, 6.07) is 38.2. The first-order chi connectivity index (χ1) is 32.7. The highest BCUT2D eigenvalue weighted by Crippen LogP contribution is 2.37. The molecule has 0 saturated carbocycles. The van der Waals surface area contributed by atoms with Gasteiger partial charge in [0.1, 0.15) is 0 Å². The van der Waals surface area contributed by atoms with Crippen LogP contribution in [0, 0.1) is 0 Å². The molecule has 0 radical (unpaired) electrons. The van der Waals surface area contributed by atoms with Crippen LogP contribution in [0.4, 0.5) is 16.2 Å². The summed E-state index contributed by atoms with van der Waals surface area (Å²) >= 11 is 0. The first-order valence-corrected chi connectivity index (χ1v) is 23.6. The Kier molecular flexibility index (Phi) is 14.6. The van der Waals surface area contributed by atoms with Gasteiger partial charge in [0.25, 0.3) is 0 Å². The summed E-state index contributed by atoms with van der Waals surface area (Å²) in [4.78, 5) is 31.6. The van der Waals surface area contributed by atoms with Crippen molar-refractivity contribution in [3.63, 3.8) is 0 Å². The number of ether oxygens (including phenoxy) is 1. The molecule has 4 heterocycles. The molecule has 11 heteroatoms. The maximum atomic E-state index is 12.2. The number of likely N-dealkylation sites (N-methyl/N-ethyl adjacent to an activating group) is 2. The highest BCUT2D eigenvalue weighted by atomic mass is 16.5. The van der Waals surface area contributed by atoms with E-state index >= 15 is 0 Å². The van der Waals surface area contributed by atoms with Crippen molar-refractivity contribution >= 4 is 28.6 Å². The molecule has 4 aromatic carbocycles. The lowest BCUT2D eigenvalue weighted by molar-refractivity contribution is 0.148. The minimum absolute atomic E-state index is 0.241. The summed E-state index contributed by atoms with van der Waals surface area (Å²) in [6.45, 7) is 12.1. The minimum atomic E-state index is -0.241. The number of urea groups is 1. The number of fused-ring (bicyclic) bond motifs is 2. The number of rotatable bonds is 12. The molecule has 11 nitrogen and oxygen atoms in total. The SMILES string of the molecule is CN1CCN(Cc2ccc(-c3cnc4c(c3)C(c3cccc(N)c3)=CC4)cc2)CC1.COCCNC(=O)Nc1cccc(C2=CCc3ncc(-c4ccc(CN5CCN(C)CC5)cc4)cc32)c1. The molecule has 4 N–H and O–H groups in total. The van der Waals surface area contributed by atoms with Gasteiger partial charge in [-0.25, -0.2) is 4.79 Å². The van der Waals surface area contributed by atoms with Crippen LogP contribution in [0.25, 0.3) is 33.4 Å². The number of hydrogen-bond donors (Lipinski definition) is 3. The van der Waals surface area contributed by atoms with E-state index < -0.39 is 0 Å². The number of carbonyl (C=O) groups is 1. The predicted octanol–water partition coefficient (Wildman–Crippen LogP) is 8.32. The van der Waals surface area contributed by atoms with Crippen molar-refractivity contribution in [2.45, 2.75) is 25.9 Å². The second-order valence-corrected chi connectivity index (χ2v) is 18.2. The molecule has 344 valence electrons. The maximum Gasteiger partial charge on any atom is 0.319 e. The van der Waals surface area contributed by atoms with Crippen LogP contribution in [0.2, 0.25) is 0 Å². The Morgan fingerprint density at radius 2 is 1.09 bits per heavy atom. The molecule has 10 rings (SSSR count). The number of anilines is 2. The average molecular weight is 894 g/mol. The van der Waals surface area contributed by atoms with E-state index in [0.717, 1.165) is 134 Å². The predicted molar refractivity (Wildman–Crippen MR) is 273 cm³/mol. The van der Waals surface area contributed by atoms with Gasteiger partial charge in [0, 0.05) is 138 Å². The van der Waals surface area contributed by atoms with Crippen LogP contribution in [0.3, 0.4) is 0 Å². The summed E-state index contributed by atoms with van der Waals surface area (Å²) in [5, 5.41) is 5.69. The average Bonchev–Trinajstić information content (AvgIpc) is 3.98. The zero-order chi connectivity index (χ0) is 46.1. The van der Waals surface area contributed by atoms with Crippen molar-refractivity contribution in [1.82, 2.24) is 34.9 Å². The Balaban J connectivity index is 0.000000171. The molecule has 6 aromatic rings. The summed E-state index contributed by atoms with van der Waals surface area (Å²) in [6.07, 6.45) is 10.2. The standard InChI is InChI=1S/C30H35N5O2.C26H28N4/c1-34-13-15-35(16-14-34)21-22-6-8-23(9-7-22)25-19-28-27(10-11-29(28)32-20-25)24-4-3-5-26(18-24)33-30(36)31-12-17-37-2;1-29-11-13-30(14-12-29)18-19-5-7-20(8-6-19)22-16-25-24(9-10-26(25)28-17-22)21-3-2-4-23(27)15-21/h3-10,18-20H,11-17,21H2,1-2H3,(H2,31,33,36);2-9,15-17H,10-14,18,27H2,1H3. The monoisotopic (exact) mass is 894 g/mol. The number of nitrogens with two attached hydrogens (primary N) is 1. The summed E-state index contributed by atoms with van der Waals surface area (Å²) in [5.74, 6) is 0. The largest absolute Gasteiger partial charge is 0.399 e.